The molecule has 21 heavy (non-hydrogen) atoms. The summed E-state index contributed by atoms with van der Waals surface area (Å²) in [7, 11) is 0. The molecule has 0 aliphatic heterocycles. The number of nitrogens with one attached hydrogen (secondary N) is 1. The van der Waals surface area contributed by atoms with Crippen LogP contribution in [0.3, 0.4) is 0 Å². The molecule has 0 spiro atoms. The van der Waals surface area contributed by atoms with Gasteiger partial charge in [-0.25, -0.2) is 0 Å². The van der Waals surface area contributed by atoms with Crippen molar-refractivity contribution in [3.63, 3.8) is 0 Å². The molecule has 1 atom stereocenters. The Balaban J connectivity index is 2.72. The summed E-state index contributed by atoms with van der Waals surface area (Å²) in [5, 5.41) is 21.2. The summed E-state index contributed by atoms with van der Waals surface area (Å²) in [5.74, 6) is 0. The van der Waals surface area contributed by atoms with Crippen molar-refractivity contribution in [1.29, 1.82) is 0 Å². The molecule has 0 radical (unpaired) electrons. The summed E-state index contributed by atoms with van der Waals surface area (Å²) in [6, 6.07) is 2.98. The Kier molecular flexibility index (Phi) is 3.45. The number of aromatic nitrogens is 1. The molecule has 0 aliphatic rings. The van der Waals surface area contributed by atoms with Gasteiger partial charge in [0.25, 0.3) is 5.69 Å². The van der Waals surface area contributed by atoms with Crippen molar-refractivity contribution in [2.24, 2.45) is 0 Å². The molecule has 1 aromatic heterocycles. The molecule has 5 nitrogen and oxygen atoms in total. The van der Waals surface area contributed by atoms with Crippen molar-refractivity contribution in [1.82, 2.24) is 4.98 Å². The lowest BCUT2D eigenvalue weighted by Gasteiger charge is -2.19. The summed E-state index contributed by atoms with van der Waals surface area (Å²) in [4.78, 5) is 12.4. The van der Waals surface area contributed by atoms with Gasteiger partial charge in [0.15, 0.2) is 0 Å². The Labute approximate surface area is 117 Å². The first-order chi connectivity index (χ1) is 9.56. The third-order valence-electron chi connectivity index (χ3n) is 3.51. The quantitative estimate of drug-likeness (QED) is 0.670. The Morgan fingerprint density at radius 2 is 1.95 bits per heavy atom. The highest BCUT2D eigenvalue weighted by Gasteiger charge is 2.39. The van der Waals surface area contributed by atoms with Crippen LogP contribution in [-0.4, -0.2) is 15.0 Å². The topological polar surface area (TPSA) is 79.2 Å². The number of fused-ring (bicyclic) bond motifs is 1. The molecule has 0 aliphatic carbocycles. The number of nitro benzene ring substituents is 1. The van der Waals surface area contributed by atoms with Crippen molar-refractivity contribution in [3.8, 4) is 0 Å². The molecular formula is C13H13F3N2O3. The maximum absolute atomic E-state index is 12.9. The highest BCUT2D eigenvalue weighted by molar-refractivity contribution is 5.84. The second-order valence-electron chi connectivity index (χ2n) is 5.02. The molecule has 1 unspecified atom stereocenters. The van der Waals surface area contributed by atoms with E-state index in [1.54, 1.807) is 6.92 Å². The van der Waals surface area contributed by atoms with Crippen LogP contribution in [0.4, 0.5) is 18.9 Å². The summed E-state index contributed by atoms with van der Waals surface area (Å²) in [5.41, 5.74) is -3.15. The predicted octanol–water partition coefficient (Wildman–Crippen LogP) is 3.71. The number of H-pyrrole nitrogens is 1. The Morgan fingerprint density at radius 3 is 2.43 bits per heavy atom. The Morgan fingerprint density at radius 1 is 1.33 bits per heavy atom. The second kappa shape index (κ2) is 4.73. The van der Waals surface area contributed by atoms with Crippen LogP contribution in [0.5, 0.6) is 0 Å². The zero-order valence-electron chi connectivity index (χ0n) is 11.3. The molecule has 0 bridgehead atoms. The van der Waals surface area contributed by atoms with Gasteiger partial charge in [-0.05, 0) is 25.5 Å². The highest BCUT2D eigenvalue weighted by atomic mass is 19.4. The fourth-order valence-electron chi connectivity index (χ4n) is 2.03. The fourth-order valence-corrected chi connectivity index (χ4v) is 2.03. The monoisotopic (exact) mass is 302 g/mol. The van der Waals surface area contributed by atoms with Gasteiger partial charge in [0, 0.05) is 22.7 Å². The van der Waals surface area contributed by atoms with Crippen LogP contribution in [0.1, 0.15) is 31.5 Å². The summed E-state index contributed by atoms with van der Waals surface area (Å²) < 4.78 is 38.6. The van der Waals surface area contributed by atoms with E-state index < -0.39 is 28.0 Å². The van der Waals surface area contributed by atoms with Crippen molar-refractivity contribution < 1.29 is 23.2 Å². The van der Waals surface area contributed by atoms with E-state index in [1.807, 2.05) is 0 Å². The smallest absolute Gasteiger partial charge is 0.384 e. The minimum Gasteiger partial charge on any atom is -0.384 e. The van der Waals surface area contributed by atoms with Gasteiger partial charge in [-0.15, -0.1) is 0 Å². The minimum absolute atomic E-state index is 0.0941. The number of nitro groups is 1. The molecule has 2 aromatic rings. The first-order valence-electron chi connectivity index (χ1n) is 6.17. The van der Waals surface area contributed by atoms with Crippen molar-refractivity contribution in [2.75, 3.05) is 0 Å². The first-order valence-corrected chi connectivity index (χ1v) is 6.17. The molecule has 8 heteroatoms. The molecule has 0 saturated carbocycles. The van der Waals surface area contributed by atoms with Gasteiger partial charge in [0.1, 0.15) is 11.2 Å². The van der Waals surface area contributed by atoms with Crippen LogP contribution in [0, 0.1) is 10.1 Å². The molecular weight excluding hydrogens is 289 g/mol. The Hall–Kier alpha value is -2.09. The Bertz CT molecular complexity index is 704. The van der Waals surface area contributed by atoms with E-state index in [4.69, 9.17) is 0 Å². The lowest BCUT2D eigenvalue weighted by atomic mass is 9.99. The molecule has 2 rings (SSSR count). The molecule has 114 valence electrons. The highest BCUT2D eigenvalue weighted by Crippen LogP contribution is 2.39. The number of alkyl halides is 3. The summed E-state index contributed by atoms with van der Waals surface area (Å²) >= 11 is 0. The number of rotatable bonds is 3. The van der Waals surface area contributed by atoms with Crippen molar-refractivity contribution in [3.05, 3.63) is 39.6 Å². The van der Waals surface area contributed by atoms with Crippen LogP contribution in [-0.2, 0) is 11.8 Å². The summed E-state index contributed by atoms with van der Waals surface area (Å²) in [6.07, 6.45) is -4.48. The van der Waals surface area contributed by atoms with Gasteiger partial charge in [0.05, 0.1) is 4.92 Å². The zero-order chi connectivity index (χ0) is 16.0. The number of benzene rings is 1. The normalized spacial score (nSPS) is 15.1. The lowest BCUT2D eigenvalue weighted by Crippen LogP contribution is -2.19. The average molecular weight is 302 g/mol. The maximum Gasteiger partial charge on any atom is 0.423 e. The van der Waals surface area contributed by atoms with Crippen LogP contribution in [0.15, 0.2) is 18.2 Å². The number of hydrogen-bond acceptors (Lipinski definition) is 3. The van der Waals surface area contributed by atoms with Gasteiger partial charge in [0.2, 0.25) is 0 Å². The van der Waals surface area contributed by atoms with Gasteiger partial charge in [-0.3, -0.25) is 10.1 Å². The van der Waals surface area contributed by atoms with Gasteiger partial charge < -0.3 is 10.1 Å². The molecule has 0 fully saturated rings. The second-order valence-corrected chi connectivity index (χ2v) is 5.02. The van der Waals surface area contributed by atoms with Gasteiger partial charge >= 0.3 is 6.18 Å². The van der Waals surface area contributed by atoms with Crippen LogP contribution in [0.2, 0.25) is 0 Å². The number of hydrogen-bond donors (Lipinski definition) is 2. The van der Waals surface area contributed by atoms with Crippen LogP contribution >= 0.6 is 0 Å². The number of aliphatic hydroxyl groups is 1. The third-order valence-corrected chi connectivity index (χ3v) is 3.51. The number of aromatic amines is 1. The summed E-state index contributed by atoms with van der Waals surface area (Å²) in [6.45, 7) is 3.23. The largest absolute Gasteiger partial charge is 0.423 e. The molecule has 1 aromatic carbocycles. The molecule has 0 amide bonds. The van der Waals surface area contributed by atoms with E-state index in [2.05, 4.69) is 4.98 Å². The van der Waals surface area contributed by atoms with E-state index in [1.165, 1.54) is 13.0 Å². The van der Waals surface area contributed by atoms with Gasteiger partial charge in [-0.2, -0.15) is 13.2 Å². The van der Waals surface area contributed by atoms with E-state index >= 15 is 0 Å². The van der Waals surface area contributed by atoms with Crippen LogP contribution in [0.25, 0.3) is 10.9 Å². The van der Waals surface area contributed by atoms with Crippen molar-refractivity contribution in [2.45, 2.75) is 32.0 Å². The van der Waals surface area contributed by atoms with E-state index in [9.17, 15) is 28.4 Å². The third kappa shape index (κ3) is 2.71. The van der Waals surface area contributed by atoms with Crippen LogP contribution < -0.4 is 0 Å². The molecule has 0 saturated heterocycles. The SMILES string of the molecule is CCC(C)(O)c1cc2cc([N+](=O)[O-])c(C(F)(F)F)cc2[nH]1. The van der Waals surface area contributed by atoms with E-state index in [-0.39, 0.29) is 10.9 Å². The average Bonchev–Trinajstić information content (AvgIpc) is 2.79. The molecule has 1 heterocycles. The minimum atomic E-state index is -4.82. The zero-order valence-corrected chi connectivity index (χ0v) is 11.3. The maximum atomic E-state index is 12.9. The molecule has 2 N–H and O–H groups in total. The number of nitrogens with zero attached hydrogens (tertiary/aromatic N) is 1. The first kappa shape index (κ1) is 15.3. The van der Waals surface area contributed by atoms with E-state index in [0.29, 0.717) is 18.2 Å². The standard InChI is InChI=1S/C13H13F3N2O3/c1-3-12(2,19)11-5-7-4-10(18(20)21)8(13(14,15)16)6-9(7)17-11/h4-6,17,19H,3H2,1-2H3. The van der Waals surface area contributed by atoms with E-state index in [0.717, 1.165) is 6.07 Å². The van der Waals surface area contributed by atoms with Gasteiger partial charge in [-0.1, -0.05) is 6.92 Å². The fraction of sp³-hybridized carbons (Fsp3) is 0.385. The number of halogens is 3. The lowest BCUT2D eigenvalue weighted by molar-refractivity contribution is -0.387. The predicted molar refractivity (Wildman–Crippen MR) is 69.8 cm³/mol. The van der Waals surface area contributed by atoms with Crippen molar-refractivity contribution >= 4 is 16.6 Å².